The van der Waals surface area contributed by atoms with Crippen molar-refractivity contribution in [2.75, 3.05) is 16.8 Å². The molecule has 0 aliphatic heterocycles. The van der Waals surface area contributed by atoms with Gasteiger partial charge in [-0.25, -0.2) is 9.97 Å². The topological polar surface area (TPSA) is 58.1 Å². The van der Waals surface area contributed by atoms with E-state index < -0.39 is 0 Å². The number of amides is 1. The highest BCUT2D eigenvalue weighted by atomic mass is 16.1. The average molecular weight is 360 g/mol. The lowest BCUT2D eigenvalue weighted by Crippen LogP contribution is -2.24. The summed E-state index contributed by atoms with van der Waals surface area (Å²) in [5, 5.41) is 2.95. The summed E-state index contributed by atoms with van der Waals surface area (Å²) in [6, 6.07) is 18.0. The van der Waals surface area contributed by atoms with Gasteiger partial charge < -0.3 is 10.2 Å². The second-order valence-corrected chi connectivity index (χ2v) is 6.24. The molecule has 0 spiro atoms. The Morgan fingerprint density at radius 2 is 1.63 bits per heavy atom. The molecule has 2 aromatic carbocycles. The molecule has 1 amide bonds. The average Bonchev–Trinajstić information content (AvgIpc) is 2.73. The van der Waals surface area contributed by atoms with Crippen molar-refractivity contribution in [2.45, 2.75) is 26.8 Å². The van der Waals surface area contributed by atoms with Crippen LogP contribution >= 0.6 is 0 Å². The highest BCUT2D eigenvalue weighted by Crippen LogP contribution is 2.17. The van der Waals surface area contributed by atoms with Gasteiger partial charge >= 0.3 is 0 Å². The van der Waals surface area contributed by atoms with E-state index in [0.717, 1.165) is 30.8 Å². The van der Waals surface area contributed by atoms with Crippen LogP contribution in [0.2, 0.25) is 0 Å². The summed E-state index contributed by atoms with van der Waals surface area (Å²) < 4.78 is 0. The number of carbonyl (C=O) groups is 1. The van der Waals surface area contributed by atoms with Gasteiger partial charge in [-0.1, -0.05) is 55.5 Å². The van der Waals surface area contributed by atoms with Gasteiger partial charge in [-0.2, -0.15) is 0 Å². The van der Waals surface area contributed by atoms with Crippen molar-refractivity contribution in [2.24, 2.45) is 0 Å². The van der Waals surface area contributed by atoms with Gasteiger partial charge in [0.05, 0.1) is 5.56 Å². The maximum absolute atomic E-state index is 12.5. The Morgan fingerprint density at radius 3 is 2.30 bits per heavy atom. The van der Waals surface area contributed by atoms with E-state index in [-0.39, 0.29) is 5.91 Å². The fourth-order valence-corrected chi connectivity index (χ4v) is 2.87. The number of nitrogens with one attached hydrogen (secondary N) is 1. The van der Waals surface area contributed by atoms with Crippen LogP contribution in [0.3, 0.4) is 0 Å². The van der Waals surface area contributed by atoms with E-state index in [4.69, 9.17) is 0 Å². The zero-order chi connectivity index (χ0) is 19.1. The van der Waals surface area contributed by atoms with Crippen molar-refractivity contribution in [3.05, 3.63) is 83.7 Å². The summed E-state index contributed by atoms with van der Waals surface area (Å²) in [7, 11) is 0. The predicted octanol–water partition coefficient (Wildman–Crippen LogP) is 4.32. The highest BCUT2D eigenvalue weighted by Gasteiger charge is 2.12. The molecular formula is C22H24N4O. The molecule has 0 aliphatic rings. The van der Waals surface area contributed by atoms with Crippen molar-refractivity contribution >= 4 is 17.5 Å². The number of hydrogen-bond donors (Lipinski definition) is 1. The van der Waals surface area contributed by atoms with Crippen molar-refractivity contribution in [3.8, 4) is 0 Å². The Bertz CT molecular complexity index is 878. The van der Waals surface area contributed by atoms with Crippen LogP contribution in [0.4, 0.5) is 11.6 Å². The SMILES string of the molecule is CCc1ccccc1NC(=O)c1cnc(N(CC)Cc2ccccc2)nc1. The minimum Gasteiger partial charge on any atom is -0.337 e. The molecule has 0 aliphatic carbocycles. The molecule has 1 heterocycles. The molecule has 0 radical (unpaired) electrons. The van der Waals surface area contributed by atoms with Crippen molar-refractivity contribution < 1.29 is 4.79 Å². The Morgan fingerprint density at radius 1 is 0.963 bits per heavy atom. The third-order valence-electron chi connectivity index (χ3n) is 4.43. The molecule has 27 heavy (non-hydrogen) atoms. The fraction of sp³-hybridized carbons (Fsp3) is 0.227. The first-order valence-corrected chi connectivity index (χ1v) is 9.21. The number of benzene rings is 2. The molecule has 3 aromatic rings. The second kappa shape index (κ2) is 8.94. The van der Waals surface area contributed by atoms with Crippen LogP contribution in [0.25, 0.3) is 0 Å². The monoisotopic (exact) mass is 360 g/mol. The molecule has 1 N–H and O–H groups in total. The van der Waals surface area contributed by atoms with Gasteiger partial charge in [0.25, 0.3) is 5.91 Å². The predicted molar refractivity (Wildman–Crippen MR) is 109 cm³/mol. The molecule has 5 heteroatoms. The Hall–Kier alpha value is -3.21. The molecule has 0 saturated carbocycles. The molecule has 1 aromatic heterocycles. The minimum absolute atomic E-state index is 0.200. The van der Waals surface area contributed by atoms with Crippen molar-refractivity contribution in [1.29, 1.82) is 0 Å². The van der Waals surface area contributed by atoms with E-state index in [1.807, 2.05) is 42.5 Å². The molecule has 5 nitrogen and oxygen atoms in total. The van der Waals surface area contributed by atoms with Gasteiger partial charge in [0.15, 0.2) is 0 Å². The maximum Gasteiger partial charge on any atom is 0.258 e. The Labute approximate surface area is 160 Å². The first kappa shape index (κ1) is 18.6. The summed E-state index contributed by atoms with van der Waals surface area (Å²) in [6.45, 7) is 5.64. The zero-order valence-corrected chi connectivity index (χ0v) is 15.7. The lowest BCUT2D eigenvalue weighted by atomic mass is 10.1. The first-order chi connectivity index (χ1) is 13.2. The molecule has 0 bridgehead atoms. The molecule has 3 rings (SSSR count). The number of aromatic nitrogens is 2. The van der Waals surface area contributed by atoms with Crippen LogP contribution in [0.15, 0.2) is 67.0 Å². The van der Waals surface area contributed by atoms with Crippen LogP contribution in [0.1, 0.15) is 35.3 Å². The lowest BCUT2D eigenvalue weighted by molar-refractivity contribution is 0.102. The lowest BCUT2D eigenvalue weighted by Gasteiger charge is -2.20. The number of para-hydroxylation sites is 1. The van der Waals surface area contributed by atoms with Crippen LogP contribution in [-0.2, 0) is 13.0 Å². The summed E-state index contributed by atoms with van der Waals surface area (Å²) in [4.78, 5) is 23.4. The molecular weight excluding hydrogens is 336 g/mol. The third-order valence-corrected chi connectivity index (χ3v) is 4.43. The molecule has 0 atom stereocenters. The van der Waals surface area contributed by atoms with E-state index in [1.165, 1.54) is 5.56 Å². The van der Waals surface area contributed by atoms with Gasteiger partial charge in [-0.05, 0) is 30.5 Å². The number of rotatable bonds is 7. The second-order valence-electron chi connectivity index (χ2n) is 6.24. The Kier molecular flexibility index (Phi) is 6.15. The number of nitrogens with zero attached hydrogens (tertiary/aromatic N) is 3. The quantitative estimate of drug-likeness (QED) is 0.682. The zero-order valence-electron chi connectivity index (χ0n) is 15.7. The number of anilines is 2. The normalized spacial score (nSPS) is 10.4. The Balaban J connectivity index is 1.71. The van der Waals surface area contributed by atoms with Gasteiger partial charge in [-0.3, -0.25) is 4.79 Å². The summed E-state index contributed by atoms with van der Waals surface area (Å²) in [6.07, 6.45) is 4.02. The number of hydrogen-bond acceptors (Lipinski definition) is 4. The summed E-state index contributed by atoms with van der Waals surface area (Å²) in [5.41, 5.74) is 3.57. The fourth-order valence-electron chi connectivity index (χ4n) is 2.87. The van der Waals surface area contributed by atoms with Crippen LogP contribution in [-0.4, -0.2) is 22.4 Å². The standard InChI is InChI=1S/C22H24N4O/c1-3-18-12-8-9-13-20(18)25-21(27)19-14-23-22(24-15-19)26(4-2)16-17-10-6-5-7-11-17/h5-15H,3-4,16H2,1-2H3,(H,25,27). The van der Waals surface area contributed by atoms with Gasteiger partial charge in [0, 0.05) is 31.2 Å². The maximum atomic E-state index is 12.5. The number of carbonyl (C=O) groups excluding carboxylic acids is 1. The van der Waals surface area contributed by atoms with Gasteiger partial charge in [0.1, 0.15) is 0 Å². The smallest absolute Gasteiger partial charge is 0.258 e. The molecule has 0 fully saturated rings. The molecule has 138 valence electrons. The van der Waals surface area contributed by atoms with Crippen LogP contribution in [0, 0.1) is 0 Å². The molecule has 0 unspecified atom stereocenters. The third kappa shape index (κ3) is 4.70. The van der Waals surface area contributed by atoms with E-state index in [9.17, 15) is 4.79 Å². The van der Waals surface area contributed by atoms with E-state index in [2.05, 4.69) is 46.2 Å². The van der Waals surface area contributed by atoms with E-state index in [0.29, 0.717) is 11.5 Å². The minimum atomic E-state index is -0.200. The van der Waals surface area contributed by atoms with Crippen LogP contribution < -0.4 is 10.2 Å². The van der Waals surface area contributed by atoms with Crippen LogP contribution in [0.5, 0.6) is 0 Å². The summed E-state index contributed by atoms with van der Waals surface area (Å²) in [5.74, 6) is 0.417. The molecule has 0 saturated heterocycles. The first-order valence-electron chi connectivity index (χ1n) is 9.21. The van der Waals surface area contributed by atoms with E-state index >= 15 is 0 Å². The van der Waals surface area contributed by atoms with Crippen molar-refractivity contribution in [1.82, 2.24) is 9.97 Å². The number of aryl methyl sites for hydroxylation is 1. The van der Waals surface area contributed by atoms with Gasteiger partial charge in [0.2, 0.25) is 5.95 Å². The van der Waals surface area contributed by atoms with Crippen molar-refractivity contribution in [3.63, 3.8) is 0 Å². The summed E-state index contributed by atoms with van der Waals surface area (Å²) >= 11 is 0. The largest absolute Gasteiger partial charge is 0.337 e. The van der Waals surface area contributed by atoms with E-state index in [1.54, 1.807) is 12.4 Å². The highest BCUT2D eigenvalue weighted by molar-refractivity contribution is 6.04. The van der Waals surface area contributed by atoms with Gasteiger partial charge in [-0.15, -0.1) is 0 Å².